The fourth-order valence-corrected chi connectivity index (χ4v) is 0.739. The van der Waals surface area contributed by atoms with Gasteiger partial charge in [0.1, 0.15) is 0 Å². The molecule has 2 nitrogen and oxygen atoms in total. The number of Topliss-reactive ketones (excluding diaryl/α,β-unsaturated/α-hetero) is 1. The minimum absolute atomic E-state index is 0.00874. The number of ketones is 1. The zero-order valence-corrected chi connectivity index (χ0v) is 8.16. The van der Waals surface area contributed by atoms with Crippen LogP contribution in [0.2, 0.25) is 0 Å². The zero-order chi connectivity index (χ0) is 8.85. The van der Waals surface area contributed by atoms with E-state index in [4.69, 9.17) is 0 Å². The van der Waals surface area contributed by atoms with Crippen molar-refractivity contribution in [3.63, 3.8) is 0 Å². The van der Waals surface area contributed by atoms with Crippen molar-refractivity contribution < 1.29 is 4.79 Å². The molecule has 0 aliphatic heterocycles. The molecule has 0 unspecified atom stereocenters. The van der Waals surface area contributed by atoms with Crippen LogP contribution in [0.4, 0.5) is 0 Å². The number of carbonyl (C=O) groups excluding carboxylic acids is 1. The van der Waals surface area contributed by atoms with Gasteiger partial charge < -0.3 is 5.32 Å². The summed E-state index contributed by atoms with van der Waals surface area (Å²) in [5.41, 5.74) is 0.864. The van der Waals surface area contributed by atoms with Crippen LogP contribution in [0.15, 0.2) is 10.6 Å². The fraction of sp³-hybridized carbons (Fsp3) is 0.625. The molecule has 0 saturated heterocycles. The van der Waals surface area contributed by atoms with Crippen molar-refractivity contribution in [2.24, 2.45) is 0 Å². The van der Waals surface area contributed by atoms with Crippen LogP contribution in [0.3, 0.4) is 0 Å². The lowest BCUT2D eigenvalue weighted by Gasteiger charge is -2.06. The number of thiol groups is 1. The lowest BCUT2D eigenvalue weighted by molar-refractivity contribution is -0.113. The molecule has 0 atom stereocenters. The van der Waals surface area contributed by atoms with E-state index >= 15 is 0 Å². The highest BCUT2D eigenvalue weighted by Gasteiger charge is 2.01. The van der Waals surface area contributed by atoms with Crippen molar-refractivity contribution >= 4 is 18.4 Å². The zero-order valence-electron chi connectivity index (χ0n) is 7.27. The molecule has 3 heteroatoms. The van der Waals surface area contributed by atoms with Crippen LogP contribution in [0.1, 0.15) is 27.2 Å². The van der Waals surface area contributed by atoms with Crippen LogP contribution in [-0.2, 0) is 4.79 Å². The molecule has 11 heavy (non-hydrogen) atoms. The second-order valence-corrected chi connectivity index (χ2v) is 2.90. The van der Waals surface area contributed by atoms with Gasteiger partial charge in [-0.15, -0.1) is 12.6 Å². The quantitative estimate of drug-likeness (QED) is 0.501. The van der Waals surface area contributed by atoms with Crippen molar-refractivity contribution in [3.05, 3.63) is 10.6 Å². The van der Waals surface area contributed by atoms with E-state index in [0.29, 0.717) is 4.91 Å². The first kappa shape index (κ1) is 10.6. The normalized spacial score (nSPS) is 12.4. The molecule has 0 rings (SSSR count). The number of allylic oxidation sites excluding steroid dienone is 2. The molecule has 0 aliphatic rings. The van der Waals surface area contributed by atoms with E-state index in [0.717, 1.165) is 18.7 Å². The minimum atomic E-state index is 0.00874. The summed E-state index contributed by atoms with van der Waals surface area (Å²) < 4.78 is 0. The monoisotopic (exact) mass is 173 g/mol. The van der Waals surface area contributed by atoms with Gasteiger partial charge in [-0.05, 0) is 20.3 Å². The molecule has 0 bridgehead atoms. The minimum Gasteiger partial charge on any atom is -0.388 e. The maximum absolute atomic E-state index is 10.8. The summed E-state index contributed by atoms with van der Waals surface area (Å²) in [5.74, 6) is 0.00874. The third-order valence-corrected chi connectivity index (χ3v) is 1.98. The van der Waals surface area contributed by atoms with Gasteiger partial charge in [-0.25, -0.2) is 0 Å². The SMILES string of the molecule is CCCN/C(C)=C(\S)C(C)=O. The standard InChI is InChI=1S/C8H15NOS/c1-4-5-9-6(2)8(11)7(3)10/h9,11H,4-5H2,1-3H3/b8-6-. The van der Waals surface area contributed by atoms with Crippen LogP contribution in [0.25, 0.3) is 0 Å². The predicted molar refractivity (Wildman–Crippen MR) is 50.7 cm³/mol. The maximum atomic E-state index is 10.8. The third kappa shape index (κ3) is 4.09. The number of hydrogen-bond acceptors (Lipinski definition) is 3. The highest BCUT2D eigenvalue weighted by molar-refractivity contribution is 7.85. The Balaban J connectivity index is 4.05. The summed E-state index contributed by atoms with van der Waals surface area (Å²) in [7, 11) is 0. The molecule has 0 amide bonds. The van der Waals surface area contributed by atoms with Gasteiger partial charge in [0.15, 0.2) is 5.78 Å². The molecule has 0 aromatic rings. The Labute approximate surface area is 73.5 Å². The second kappa shape index (κ2) is 5.24. The average Bonchev–Trinajstić information content (AvgIpc) is 1.98. The van der Waals surface area contributed by atoms with E-state index in [9.17, 15) is 4.79 Å². The van der Waals surface area contributed by atoms with Gasteiger partial charge in [0.25, 0.3) is 0 Å². The van der Waals surface area contributed by atoms with Crippen molar-refractivity contribution in [2.45, 2.75) is 27.2 Å². The molecule has 0 aliphatic carbocycles. The van der Waals surface area contributed by atoms with Crippen molar-refractivity contribution in [1.29, 1.82) is 0 Å². The van der Waals surface area contributed by atoms with Crippen LogP contribution in [-0.4, -0.2) is 12.3 Å². The summed E-state index contributed by atoms with van der Waals surface area (Å²) in [4.78, 5) is 11.3. The van der Waals surface area contributed by atoms with E-state index in [2.05, 4.69) is 24.9 Å². The van der Waals surface area contributed by atoms with Gasteiger partial charge in [-0.2, -0.15) is 0 Å². The Kier molecular flexibility index (Phi) is 5.03. The first-order valence-electron chi connectivity index (χ1n) is 3.74. The molecule has 0 fully saturated rings. The van der Waals surface area contributed by atoms with E-state index in [1.165, 1.54) is 6.92 Å². The van der Waals surface area contributed by atoms with E-state index in [1.54, 1.807) is 0 Å². The van der Waals surface area contributed by atoms with Crippen molar-refractivity contribution in [1.82, 2.24) is 5.32 Å². The highest BCUT2D eigenvalue weighted by atomic mass is 32.1. The van der Waals surface area contributed by atoms with Gasteiger partial charge in [-0.3, -0.25) is 4.79 Å². The van der Waals surface area contributed by atoms with Gasteiger partial charge >= 0.3 is 0 Å². The smallest absolute Gasteiger partial charge is 0.167 e. The molecule has 64 valence electrons. The molecular weight excluding hydrogens is 158 g/mol. The van der Waals surface area contributed by atoms with Crippen molar-refractivity contribution in [2.75, 3.05) is 6.54 Å². The topological polar surface area (TPSA) is 29.1 Å². The summed E-state index contributed by atoms with van der Waals surface area (Å²) in [6, 6.07) is 0. The Morgan fingerprint density at radius 3 is 2.36 bits per heavy atom. The first-order chi connectivity index (χ1) is 5.09. The number of hydrogen-bond donors (Lipinski definition) is 2. The summed E-state index contributed by atoms with van der Waals surface area (Å²) in [5, 5.41) is 3.10. The molecule has 0 saturated carbocycles. The Morgan fingerprint density at radius 2 is 2.00 bits per heavy atom. The Bertz CT molecular complexity index is 175. The molecule has 0 radical (unpaired) electrons. The van der Waals surface area contributed by atoms with E-state index in [1.807, 2.05) is 6.92 Å². The lowest BCUT2D eigenvalue weighted by Crippen LogP contribution is -2.14. The van der Waals surface area contributed by atoms with Crippen LogP contribution in [0, 0.1) is 0 Å². The van der Waals surface area contributed by atoms with Crippen LogP contribution >= 0.6 is 12.6 Å². The Hall–Kier alpha value is -0.440. The number of carbonyl (C=O) groups is 1. The number of nitrogens with one attached hydrogen (secondary N) is 1. The van der Waals surface area contributed by atoms with Crippen LogP contribution < -0.4 is 5.32 Å². The molecule has 0 aromatic heterocycles. The maximum Gasteiger partial charge on any atom is 0.167 e. The van der Waals surface area contributed by atoms with Gasteiger partial charge in [0, 0.05) is 12.2 Å². The highest BCUT2D eigenvalue weighted by Crippen LogP contribution is 2.06. The predicted octanol–water partition coefficient (Wildman–Crippen LogP) is 1.74. The molecule has 0 heterocycles. The summed E-state index contributed by atoms with van der Waals surface area (Å²) in [6.45, 7) is 6.34. The lowest BCUT2D eigenvalue weighted by atomic mass is 10.3. The van der Waals surface area contributed by atoms with Gasteiger partial charge in [0.05, 0.1) is 4.91 Å². The average molecular weight is 173 g/mol. The van der Waals surface area contributed by atoms with Crippen LogP contribution in [0.5, 0.6) is 0 Å². The third-order valence-electron chi connectivity index (χ3n) is 1.33. The van der Waals surface area contributed by atoms with E-state index < -0.39 is 0 Å². The van der Waals surface area contributed by atoms with Crippen molar-refractivity contribution in [3.8, 4) is 0 Å². The first-order valence-corrected chi connectivity index (χ1v) is 4.19. The fourth-order valence-electron chi connectivity index (χ4n) is 0.660. The van der Waals surface area contributed by atoms with Gasteiger partial charge in [0.2, 0.25) is 0 Å². The summed E-state index contributed by atoms with van der Waals surface area (Å²) >= 11 is 4.06. The molecule has 1 N–H and O–H groups in total. The molecule has 0 aromatic carbocycles. The number of rotatable bonds is 4. The largest absolute Gasteiger partial charge is 0.388 e. The molecule has 0 spiro atoms. The second-order valence-electron chi connectivity index (χ2n) is 2.46. The van der Waals surface area contributed by atoms with Gasteiger partial charge in [-0.1, -0.05) is 6.92 Å². The molecular formula is C8H15NOS. The van der Waals surface area contributed by atoms with E-state index in [-0.39, 0.29) is 5.78 Å². The Morgan fingerprint density at radius 1 is 1.45 bits per heavy atom. The summed E-state index contributed by atoms with van der Waals surface area (Å²) in [6.07, 6.45) is 1.05.